The second kappa shape index (κ2) is 8.37. The number of esters is 1. The Hall–Kier alpha value is -3.42. The van der Waals surface area contributed by atoms with Crippen molar-refractivity contribution < 1.29 is 28.3 Å². The van der Waals surface area contributed by atoms with Gasteiger partial charge in [0.2, 0.25) is 0 Å². The van der Waals surface area contributed by atoms with E-state index in [4.69, 9.17) is 9.15 Å². The number of nitrogens with zero attached hydrogens (tertiary/aromatic N) is 2. The number of imide groups is 1. The second-order valence-electron chi connectivity index (χ2n) is 8.36. The lowest BCUT2D eigenvalue weighted by Crippen LogP contribution is -2.44. The normalized spacial score (nSPS) is 20.7. The molecule has 3 amide bonds. The number of ether oxygens (including phenoxy) is 1. The summed E-state index contributed by atoms with van der Waals surface area (Å²) in [6, 6.07) is 7.55. The molecule has 2 atom stereocenters. The molecule has 0 radical (unpaired) electrons. The molecule has 1 aromatic carbocycles. The van der Waals surface area contributed by atoms with Crippen LogP contribution in [0.1, 0.15) is 57.1 Å². The number of hydrogen-bond acceptors (Lipinski definition) is 6. The number of amides is 3. The van der Waals surface area contributed by atoms with Gasteiger partial charge in [-0.1, -0.05) is 13.8 Å². The maximum atomic E-state index is 12.7. The number of carbonyl (C=O) groups excluding carboxylic acids is 4. The van der Waals surface area contributed by atoms with Gasteiger partial charge in [-0.15, -0.1) is 0 Å². The molecule has 1 aromatic heterocycles. The van der Waals surface area contributed by atoms with E-state index in [-0.39, 0.29) is 35.7 Å². The van der Waals surface area contributed by atoms with Gasteiger partial charge in [0.05, 0.1) is 29.5 Å². The average Bonchev–Trinajstić information content (AvgIpc) is 3.34. The lowest BCUT2D eigenvalue weighted by atomic mass is 9.92. The van der Waals surface area contributed by atoms with Gasteiger partial charge in [0.15, 0.2) is 6.61 Å². The molecule has 1 fully saturated rings. The summed E-state index contributed by atoms with van der Waals surface area (Å²) >= 11 is 0. The zero-order valence-electron chi connectivity index (χ0n) is 17.5. The van der Waals surface area contributed by atoms with E-state index in [9.17, 15) is 19.2 Å². The summed E-state index contributed by atoms with van der Waals surface area (Å²) in [5.41, 5.74) is 0.476. The minimum Gasteiger partial charge on any atom is -0.467 e. The van der Waals surface area contributed by atoms with Gasteiger partial charge in [0.25, 0.3) is 17.7 Å². The summed E-state index contributed by atoms with van der Waals surface area (Å²) in [5, 5.41) is 0. The van der Waals surface area contributed by atoms with Crippen LogP contribution in [0.2, 0.25) is 0 Å². The van der Waals surface area contributed by atoms with Gasteiger partial charge in [0.1, 0.15) is 5.76 Å². The summed E-state index contributed by atoms with van der Waals surface area (Å²) in [6.07, 6.45) is 2.54. The lowest BCUT2D eigenvalue weighted by Gasteiger charge is -2.34. The Kier molecular flexibility index (Phi) is 5.63. The van der Waals surface area contributed by atoms with Gasteiger partial charge in [-0.25, -0.2) is 4.79 Å². The van der Waals surface area contributed by atoms with Crippen molar-refractivity contribution in [3.63, 3.8) is 0 Å². The van der Waals surface area contributed by atoms with Crippen LogP contribution in [0, 0.1) is 11.8 Å². The predicted octanol–water partition coefficient (Wildman–Crippen LogP) is 2.74. The van der Waals surface area contributed by atoms with Crippen LogP contribution in [0.15, 0.2) is 41.0 Å². The fourth-order valence-electron chi connectivity index (χ4n) is 4.29. The van der Waals surface area contributed by atoms with Crippen LogP contribution < -0.4 is 0 Å². The van der Waals surface area contributed by atoms with Crippen molar-refractivity contribution in [2.24, 2.45) is 11.8 Å². The molecule has 8 nitrogen and oxygen atoms in total. The molecule has 0 spiro atoms. The third-order valence-corrected chi connectivity index (χ3v) is 5.65. The summed E-state index contributed by atoms with van der Waals surface area (Å²) in [5.74, 6) is -0.587. The summed E-state index contributed by atoms with van der Waals surface area (Å²) in [4.78, 5) is 52.9. The van der Waals surface area contributed by atoms with Gasteiger partial charge in [-0.3, -0.25) is 19.3 Å². The van der Waals surface area contributed by atoms with Crippen LogP contribution in [0.5, 0.6) is 0 Å². The first-order chi connectivity index (χ1) is 14.8. The summed E-state index contributed by atoms with van der Waals surface area (Å²) in [6.45, 7) is 5.16. The molecule has 8 heteroatoms. The number of furan rings is 1. The van der Waals surface area contributed by atoms with E-state index >= 15 is 0 Å². The molecule has 162 valence electrons. The maximum absolute atomic E-state index is 12.7. The number of benzene rings is 1. The highest BCUT2D eigenvalue weighted by atomic mass is 16.5. The molecule has 3 heterocycles. The molecule has 4 rings (SSSR count). The van der Waals surface area contributed by atoms with E-state index in [2.05, 4.69) is 13.8 Å². The van der Waals surface area contributed by atoms with Gasteiger partial charge in [0, 0.05) is 13.1 Å². The lowest BCUT2D eigenvalue weighted by molar-refractivity contribution is -0.137. The quantitative estimate of drug-likeness (QED) is 0.541. The maximum Gasteiger partial charge on any atom is 0.338 e. The van der Waals surface area contributed by atoms with E-state index < -0.39 is 17.8 Å². The standard InChI is InChI=1S/C23H24N2O6/c1-14-8-15(2)11-24(10-14)20(26)13-31-23(29)16-5-6-18-19(9-16)22(28)25(21(18)27)12-17-4-3-7-30-17/h3-7,9,14-15H,8,10-13H2,1-2H3/t14-,15+. The average molecular weight is 424 g/mol. The van der Waals surface area contributed by atoms with Crippen LogP contribution in [0.3, 0.4) is 0 Å². The Labute approximate surface area is 179 Å². The van der Waals surface area contributed by atoms with Gasteiger partial charge < -0.3 is 14.1 Å². The highest BCUT2D eigenvalue weighted by Gasteiger charge is 2.36. The third kappa shape index (κ3) is 4.23. The Morgan fingerprint density at radius 2 is 1.77 bits per heavy atom. The van der Waals surface area contributed by atoms with Crippen molar-refractivity contribution in [3.8, 4) is 0 Å². The molecule has 1 saturated heterocycles. The first-order valence-electron chi connectivity index (χ1n) is 10.3. The second-order valence-corrected chi connectivity index (χ2v) is 8.36. The Bertz CT molecular complexity index is 1020. The van der Waals surface area contributed by atoms with E-state index in [0.717, 1.165) is 11.3 Å². The Morgan fingerprint density at radius 3 is 2.45 bits per heavy atom. The zero-order chi connectivity index (χ0) is 22.1. The molecular weight excluding hydrogens is 400 g/mol. The molecule has 2 aliphatic rings. The number of hydrogen-bond donors (Lipinski definition) is 0. The van der Waals surface area contributed by atoms with Crippen LogP contribution in [-0.4, -0.2) is 53.2 Å². The van der Waals surface area contributed by atoms with Crippen molar-refractivity contribution >= 4 is 23.7 Å². The SMILES string of the molecule is C[C@@H]1C[C@H](C)CN(C(=O)COC(=O)c2ccc3c(c2)C(=O)N(Cc2ccco2)C3=O)C1. The van der Waals surface area contributed by atoms with Gasteiger partial charge in [-0.05, 0) is 48.6 Å². The number of carbonyl (C=O) groups is 4. The molecule has 0 aliphatic carbocycles. The molecule has 0 bridgehead atoms. The van der Waals surface area contributed by atoms with E-state index in [1.165, 1.54) is 24.5 Å². The van der Waals surface area contributed by atoms with Crippen LogP contribution in [-0.2, 0) is 16.1 Å². The van der Waals surface area contributed by atoms with E-state index in [1.54, 1.807) is 17.0 Å². The smallest absolute Gasteiger partial charge is 0.338 e. The minimum absolute atomic E-state index is 0.0142. The molecule has 0 saturated carbocycles. The molecule has 2 aromatic rings. The number of likely N-dealkylation sites (tertiary alicyclic amines) is 1. The molecule has 2 aliphatic heterocycles. The molecule has 31 heavy (non-hydrogen) atoms. The van der Waals surface area contributed by atoms with Crippen LogP contribution >= 0.6 is 0 Å². The molecule has 0 unspecified atom stereocenters. The fourth-order valence-corrected chi connectivity index (χ4v) is 4.29. The Balaban J connectivity index is 1.41. The summed E-state index contributed by atoms with van der Waals surface area (Å²) in [7, 11) is 0. The molecular formula is C23H24N2O6. The van der Waals surface area contributed by atoms with E-state index in [0.29, 0.717) is 30.7 Å². The largest absolute Gasteiger partial charge is 0.467 e. The third-order valence-electron chi connectivity index (χ3n) is 5.65. The summed E-state index contributed by atoms with van der Waals surface area (Å²) < 4.78 is 10.4. The molecule has 0 N–H and O–H groups in total. The first-order valence-corrected chi connectivity index (χ1v) is 10.3. The van der Waals surface area contributed by atoms with Crippen LogP contribution in [0.4, 0.5) is 0 Å². The fraction of sp³-hybridized carbons (Fsp3) is 0.391. The van der Waals surface area contributed by atoms with Crippen molar-refractivity contribution in [1.29, 1.82) is 0 Å². The highest BCUT2D eigenvalue weighted by molar-refractivity contribution is 6.21. The monoisotopic (exact) mass is 424 g/mol. The zero-order valence-corrected chi connectivity index (χ0v) is 17.5. The van der Waals surface area contributed by atoms with Crippen molar-refractivity contribution in [1.82, 2.24) is 9.80 Å². The Morgan fingerprint density at radius 1 is 1.06 bits per heavy atom. The van der Waals surface area contributed by atoms with Crippen molar-refractivity contribution in [2.45, 2.75) is 26.8 Å². The van der Waals surface area contributed by atoms with Crippen molar-refractivity contribution in [3.05, 3.63) is 59.0 Å². The van der Waals surface area contributed by atoms with Gasteiger partial charge in [-0.2, -0.15) is 0 Å². The van der Waals surface area contributed by atoms with Crippen molar-refractivity contribution in [2.75, 3.05) is 19.7 Å². The predicted molar refractivity (Wildman–Crippen MR) is 109 cm³/mol. The highest BCUT2D eigenvalue weighted by Crippen LogP contribution is 2.26. The van der Waals surface area contributed by atoms with Gasteiger partial charge >= 0.3 is 5.97 Å². The number of rotatable bonds is 5. The number of fused-ring (bicyclic) bond motifs is 1. The number of piperidine rings is 1. The minimum atomic E-state index is -0.709. The topological polar surface area (TPSA) is 97.1 Å². The van der Waals surface area contributed by atoms with Crippen LogP contribution in [0.25, 0.3) is 0 Å². The first kappa shape index (κ1) is 20.8. The van der Waals surface area contributed by atoms with E-state index in [1.807, 2.05) is 0 Å².